The van der Waals surface area contributed by atoms with Crippen molar-refractivity contribution < 1.29 is 0 Å². The summed E-state index contributed by atoms with van der Waals surface area (Å²) in [7, 11) is 0. The summed E-state index contributed by atoms with van der Waals surface area (Å²) in [5.74, 6) is 0.775. The number of unbranched alkanes of at least 4 members (excludes halogenated alkanes) is 6. The molecular weight excluding hydrogens is 230 g/mol. The second-order valence-electron chi connectivity index (χ2n) is 6.86. The van der Waals surface area contributed by atoms with Crippen molar-refractivity contribution in [1.82, 2.24) is 5.32 Å². The Balaban J connectivity index is 3.75. The SMILES string of the molecule is CCCCCCCCCC(C)(CNCCC)C(C)C. The molecular formula is C18H39N. The maximum Gasteiger partial charge on any atom is 0.000761 e. The molecule has 0 rings (SSSR count). The first-order chi connectivity index (χ1) is 9.06. The predicted molar refractivity (Wildman–Crippen MR) is 88.7 cm³/mol. The van der Waals surface area contributed by atoms with Crippen molar-refractivity contribution in [3.05, 3.63) is 0 Å². The molecule has 1 nitrogen and oxygen atoms in total. The molecule has 0 aliphatic heterocycles. The lowest BCUT2D eigenvalue weighted by atomic mass is 9.75. The van der Waals surface area contributed by atoms with Gasteiger partial charge in [0.1, 0.15) is 0 Å². The fourth-order valence-electron chi connectivity index (χ4n) is 2.62. The zero-order valence-electron chi connectivity index (χ0n) is 14.4. The third-order valence-corrected chi connectivity index (χ3v) is 4.70. The Morgan fingerprint density at radius 2 is 1.42 bits per heavy atom. The van der Waals surface area contributed by atoms with Crippen LogP contribution >= 0.6 is 0 Å². The number of hydrogen-bond acceptors (Lipinski definition) is 1. The quantitative estimate of drug-likeness (QED) is 0.417. The van der Waals surface area contributed by atoms with E-state index in [2.05, 4.69) is 39.9 Å². The summed E-state index contributed by atoms with van der Waals surface area (Å²) in [6.45, 7) is 14.1. The molecule has 0 radical (unpaired) electrons. The van der Waals surface area contributed by atoms with Crippen molar-refractivity contribution in [2.24, 2.45) is 11.3 Å². The molecule has 0 saturated heterocycles. The van der Waals surface area contributed by atoms with Gasteiger partial charge in [0.2, 0.25) is 0 Å². The highest BCUT2D eigenvalue weighted by molar-refractivity contribution is 4.80. The van der Waals surface area contributed by atoms with Crippen LogP contribution in [0.1, 0.15) is 92.4 Å². The van der Waals surface area contributed by atoms with Gasteiger partial charge in [0.05, 0.1) is 0 Å². The molecule has 1 N–H and O–H groups in total. The van der Waals surface area contributed by atoms with E-state index in [4.69, 9.17) is 0 Å². The Hall–Kier alpha value is -0.0400. The lowest BCUT2D eigenvalue weighted by Gasteiger charge is -2.34. The van der Waals surface area contributed by atoms with Gasteiger partial charge in [-0.2, -0.15) is 0 Å². The molecule has 0 aromatic heterocycles. The van der Waals surface area contributed by atoms with E-state index < -0.39 is 0 Å². The molecule has 0 fully saturated rings. The normalized spacial score (nSPS) is 14.8. The van der Waals surface area contributed by atoms with Gasteiger partial charge in [0, 0.05) is 6.54 Å². The third-order valence-electron chi connectivity index (χ3n) is 4.70. The van der Waals surface area contributed by atoms with Crippen LogP contribution in [-0.2, 0) is 0 Å². The molecule has 0 saturated carbocycles. The van der Waals surface area contributed by atoms with E-state index in [0.29, 0.717) is 5.41 Å². The topological polar surface area (TPSA) is 12.0 Å². The van der Waals surface area contributed by atoms with E-state index in [1.165, 1.54) is 70.9 Å². The van der Waals surface area contributed by atoms with Crippen LogP contribution in [0.4, 0.5) is 0 Å². The molecule has 0 aliphatic carbocycles. The Bertz CT molecular complexity index is 188. The molecule has 0 amide bonds. The number of rotatable bonds is 13. The van der Waals surface area contributed by atoms with E-state index >= 15 is 0 Å². The Morgan fingerprint density at radius 3 is 1.95 bits per heavy atom. The Kier molecular flexibility index (Phi) is 11.7. The van der Waals surface area contributed by atoms with Gasteiger partial charge in [-0.1, -0.05) is 79.6 Å². The summed E-state index contributed by atoms with van der Waals surface area (Å²) in [6, 6.07) is 0. The van der Waals surface area contributed by atoms with Gasteiger partial charge in [-0.25, -0.2) is 0 Å². The van der Waals surface area contributed by atoms with Crippen LogP contribution in [-0.4, -0.2) is 13.1 Å². The molecule has 1 heteroatoms. The summed E-state index contributed by atoms with van der Waals surface area (Å²) >= 11 is 0. The predicted octanol–water partition coefficient (Wildman–Crippen LogP) is 5.79. The monoisotopic (exact) mass is 269 g/mol. The molecule has 0 aromatic carbocycles. The van der Waals surface area contributed by atoms with Crippen LogP contribution in [0.25, 0.3) is 0 Å². The van der Waals surface area contributed by atoms with Gasteiger partial charge in [-0.05, 0) is 30.7 Å². The lowest BCUT2D eigenvalue weighted by Crippen LogP contribution is -2.36. The van der Waals surface area contributed by atoms with Crippen molar-refractivity contribution in [2.45, 2.75) is 92.4 Å². The van der Waals surface area contributed by atoms with E-state index in [1.54, 1.807) is 0 Å². The minimum absolute atomic E-state index is 0.485. The highest BCUT2D eigenvalue weighted by Crippen LogP contribution is 2.32. The molecule has 0 bridgehead atoms. The minimum atomic E-state index is 0.485. The molecule has 0 heterocycles. The molecule has 1 atom stereocenters. The van der Waals surface area contributed by atoms with Crippen LogP contribution in [0, 0.1) is 11.3 Å². The largest absolute Gasteiger partial charge is 0.316 e. The standard InChI is InChI=1S/C18H39N/c1-6-8-9-10-11-12-13-14-18(5,17(3)4)16-19-15-7-2/h17,19H,6-16H2,1-5H3. The highest BCUT2D eigenvalue weighted by Gasteiger charge is 2.26. The maximum atomic E-state index is 3.63. The van der Waals surface area contributed by atoms with Gasteiger partial charge < -0.3 is 5.32 Å². The third kappa shape index (κ3) is 9.49. The lowest BCUT2D eigenvalue weighted by molar-refractivity contribution is 0.185. The number of nitrogens with one attached hydrogen (secondary N) is 1. The fraction of sp³-hybridized carbons (Fsp3) is 1.00. The zero-order valence-corrected chi connectivity index (χ0v) is 14.4. The second kappa shape index (κ2) is 11.8. The van der Waals surface area contributed by atoms with Crippen LogP contribution in [0.15, 0.2) is 0 Å². The van der Waals surface area contributed by atoms with Crippen LogP contribution < -0.4 is 5.32 Å². The molecule has 0 aromatic rings. The molecule has 1 unspecified atom stereocenters. The van der Waals surface area contributed by atoms with Gasteiger partial charge >= 0.3 is 0 Å². The first-order valence-corrected chi connectivity index (χ1v) is 8.77. The van der Waals surface area contributed by atoms with Gasteiger partial charge in [-0.3, -0.25) is 0 Å². The van der Waals surface area contributed by atoms with Crippen molar-refractivity contribution in [2.75, 3.05) is 13.1 Å². The first kappa shape index (κ1) is 19.0. The summed E-state index contributed by atoms with van der Waals surface area (Å²) in [5, 5.41) is 3.63. The van der Waals surface area contributed by atoms with Crippen molar-refractivity contribution in [3.63, 3.8) is 0 Å². The van der Waals surface area contributed by atoms with Gasteiger partial charge in [-0.15, -0.1) is 0 Å². The summed E-state index contributed by atoms with van der Waals surface area (Å²) in [4.78, 5) is 0. The molecule has 116 valence electrons. The number of hydrogen-bond donors (Lipinski definition) is 1. The van der Waals surface area contributed by atoms with Crippen LogP contribution in [0.2, 0.25) is 0 Å². The molecule has 0 aliphatic rings. The Labute approximate surface area is 122 Å². The van der Waals surface area contributed by atoms with Gasteiger partial charge in [0.15, 0.2) is 0 Å². The smallest absolute Gasteiger partial charge is 0.000761 e. The van der Waals surface area contributed by atoms with Crippen LogP contribution in [0.5, 0.6) is 0 Å². The fourth-order valence-corrected chi connectivity index (χ4v) is 2.62. The van der Waals surface area contributed by atoms with Crippen molar-refractivity contribution in [3.8, 4) is 0 Å². The molecule has 19 heavy (non-hydrogen) atoms. The van der Waals surface area contributed by atoms with E-state index in [-0.39, 0.29) is 0 Å². The summed E-state index contributed by atoms with van der Waals surface area (Å²) in [5.41, 5.74) is 0.485. The molecule has 0 spiro atoms. The first-order valence-electron chi connectivity index (χ1n) is 8.77. The van der Waals surface area contributed by atoms with Crippen molar-refractivity contribution in [1.29, 1.82) is 0 Å². The average Bonchev–Trinajstić information content (AvgIpc) is 2.38. The van der Waals surface area contributed by atoms with Gasteiger partial charge in [0.25, 0.3) is 0 Å². The second-order valence-corrected chi connectivity index (χ2v) is 6.86. The summed E-state index contributed by atoms with van der Waals surface area (Å²) < 4.78 is 0. The average molecular weight is 270 g/mol. The minimum Gasteiger partial charge on any atom is -0.316 e. The van der Waals surface area contributed by atoms with E-state index in [0.717, 1.165) is 5.92 Å². The summed E-state index contributed by atoms with van der Waals surface area (Å²) in [6.07, 6.45) is 12.6. The van der Waals surface area contributed by atoms with E-state index in [9.17, 15) is 0 Å². The van der Waals surface area contributed by atoms with Crippen molar-refractivity contribution >= 4 is 0 Å². The van der Waals surface area contributed by atoms with E-state index in [1.807, 2.05) is 0 Å². The highest BCUT2D eigenvalue weighted by atomic mass is 14.9. The zero-order chi connectivity index (χ0) is 14.6. The Morgan fingerprint density at radius 1 is 0.842 bits per heavy atom. The maximum absolute atomic E-state index is 3.63. The van der Waals surface area contributed by atoms with Crippen LogP contribution in [0.3, 0.4) is 0 Å².